The van der Waals surface area contributed by atoms with E-state index in [1.54, 1.807) is 22.1 Å². The molecule has 1 saturated heterocycles. The highest BCUT2D eigenvalue weighted by molar-refractivity contribution is 5.97. The molecule has 4 rings (SSSR count). The fourth-order valence-electron chi connectivity index (χ4n) is 3.63. The molecule has 0 aliphatic carbocycles. The Kier molecular flexibility index (Phi) is 5.11. The number of morpholine rings is 1. The number of fused-ring (bicyclic) bond motifs is 1. The third-order valence-corrected chi connectivity index (χ3v) is 5.02. The highest BCUT2D eigenvalue weighted by atomic mass is 16.5. The van der Waals surface area contributed by atoms with Crippen LogP contribution in [0.2, 0.25) is 0 Å². The Morgan fingerprint density at radius 2 is 2.04 bits per heavy atom. The van der Waals surface area contributed by atoms with Crippen LogP contribution in [0.25, 0.3) is 0 Å². The first-order chi connectivity index (χ1) is 13.2. The average Bonchev–Trinajstić information content (AvgIpc) is 3.26. The molecule has 2 aromatic rings. The molecule has 0 saturated carbocycles. The highest BCUT2D eigenvalue weighted by Gasteiger charge is 2.28. The van der Waals surface area contributed by atoms with Crippen LogP contribution in [0.4, 0.5) is 10.5 Å². The number of amides is 3. The molecule has 0 spiro atoms. The summed E-state index contributed by atoms with van der Waals surface area (Å²) in [5, 5.41) is 2.76. The minimum Gasteiger partial charge on any atom is -0.467 e. The maximum Gasteiger partial charge on any atom is 0.318 e. The van der Waals surface area contributed by atoms with Gasteiger partial charge in [0.2, 0.25) is 5.91 Å². The van der Waals surface area contributed by atoms with Gasteiger partial charge >= 0.3 is 6.03 Å². The van der Waals surface area contributed by atoms with Crippen LogP contribution < -0.4 is 10.2 Å². The van der Waals surface area contributed by atoms with Crippen molar-refractivity contribution in [2.45, 2.75) is 18.9 Å². The molecule has 7 heteroatoms. The van der Waals surface area contributed by atoms with E-state index < -0.39 is 0 Å². The van der Waals surface area contributed by atoms with Crippen molar-refractivity contribution in [2.24, 2.45) is 0 Å². The third-order valence-electron chi connectivity index (χ3n) is 5.02. The second-order valence-electron chi connectivity index (χ2n) is 6.76. The maximum atomic E-state index is 12.7. The van der Waals surface area contributed by atoms with Crippen molar-refractivity contribution in [3.05, 3.63) is 54.0 Å². The monoisotopic (exact) mass is 369 g/mol. The number of aryl methyl sites for hydroxylation is 1. The molecule has 1 N–H and O–H groups in total. The quantitative estimate of drug-likeness (QED) is 0.901. The standard InChI is InChI=1S/C20H23N3O4/c24-19(23-9-3-6-15-5-1-2-7-16(15)23)13-21-20(25)22-10-12-27-18(14-22)17-8-4-11-26-17/h1-2,4-5,7-8,11,18H,3,6,9-10,12-14H2,(H,21,25). The molecule has 0 bridgehead atoms. The van der Waals surface area contributed by atoms with E-state index in [2.05, 4.69) is 11.4 Å². The summed E-state index contributed by atoms with van der Waals surface area (Å²) in [6.07, 6.45) is 3.23. The number of carbonyl (C=O) groups excluding carboxylic acids is 2. The molecule has 0 radical (unpaired) electrons. The molecule has 27 heavy (non-hydrogen) atoms. The number of nitrogens with one attached hydrogen (secondary N) is 1. The lowest BCUT2D eigenvalue weighted by Gasteiger charge is -2.33. The van der Waals surface area contributed by atoms with E-state index in [1.807, 2.05) is 24.3 Å². The Morgan fingerprint density at radius 1 is 1.15 bits per heavy atom. The fraction of sp³-hybridized carbons (Fsp3) is 0.400. The van der Waals surface area contributed by atoms with Crippen LogP contribution in [-0.2, 0) is 16.0 Å². The average molecular weight is 369 g/mol. The van der Waals surface area contributed by atoms with E-state index in [-0.39, 0.29) is 24.6 Å². The number of furan rings is 1. The van der Waals surface area contributed by atoms with Crippen LogP contribution in [0, 0.1) is 0 Å². The fourth-order valence-corrected chi connectivity index (χ4v) is 3.63. The Morgan fingerprint density at radius 3 is 2.89 bits per heavy atom. The van der Waals surface area contributed by atoms with Crippen LogP contribution >= 0.6 is 0 Å². The maximum absolute atomic E-state index is 12.7. The van der Waals surface area contributed by atoms with Crippen molar-refractivity contribution in [3.63, 3.8) is 0 Å². The Labute approximate surface area is 157 Å². The van der Waals surface area contributed by atoms with E-state index in [0.29, 0.717) is 32.0 Å². The van der Waals surface area contributed by atoms with Gasteiger partial charge < -0.3 is 24.3 Å². The van der Waals surface area contributed by atoms with E-state index in [9.17, 15) is 9.59 Å². The van der Waals surface area contributed by atoms with Gasteiger partial charge in [-0.2, -0.15) is 0 Å². The van der Waals surface area contributed by atoms with Crippen molar-refractivity contribution in [1.29, 1.82) is 0 Å². The van der Waals surface area contributed by atoms with Gasteiger partial charge in [-0.25, -0.2) is 4.79 Å². The largest absolute Gasteiger partial charge is 0.467 e. The number of ether oxygens (including phenoxy) is 1. The lowest BCUT2D eigenvalue weighted by atomic mass is 10.0. The predicted octanol–water partition coefficient (Wildman–Crippen LogP) is 2.34. The molecule has 2 aliphatic heterocycles. The summed E-state index contributed by atoms with van der Waals surface area (Å²) >= 11 is 0. The van der Waals surface area contributed by atoms with Crippen molar-refractivity contribution in [3.8, 4) is 0 Å². The summed E-state index contributed by atoms with van der Waals surface area (Å²) in [7, 11) is 0. The van der Waals surface area contributed by atoms with Gasteiger partial charge in [0.05, 0.1) is 26.0 Å². The molecule has 1 aromatic carbocycles. The Hall–Kier alpha value is -2.80. The van der Waals surface area contributed by atoms with Crippen LogP contribution in [0.1, 0.15) is 23.8 Å². The van der Waals surface area contributed by atoms with Gasteiger partial charge in [-0.3, -0.25) is 4.79 Å². The molecular formula is C20H23N3O4. The summed E-state index contributed by atoms with van der Waals surface area (Å²) < 4.78 is 11.0. The SMILES string of the molecule is O=C(NCC(=O)N1CCCc2ccccc21)N1CCOC(c2ccco2)C1. The van der Waals surface area contributed by atoms with Gasteiger partial charge in [-0.05, 0) is 36.6 Å². The molecule has 1 fully saturated rings. The molecule has 1 aromatic heterocycles. The summed E-state index contributed by atoms with van der Waals surface area (Å²) in [5.41, 5.74) is 2.13. The van der Waals surface area contributed by atoms with Gasteiger partial charge in [0.25, 0.3) is 0 Å². The number of anilines is 1. The topological polar surface area (TPSA) is 75.0 Å². The molecule has 1 atom stereocenters. The summed E-state index contributed by atoms with van der Waals surface area (Å²) in [4.78, 5) is 28.6. The van der Waals surface area contributed by atoms with Crippen LogP contribution in [-0.4, -0.2) is 49.6 Å². The molecule has 142 valence electrons. The zero-order valence-electron chi connectivity index (χ0n) is 15.1. The molecule has 2 aliphatic rings. The normalized spacial score (nSPS) is 19.5. The number of nitrogens with zero attached hydrogens (tertiary/aromatic N) is 2. The second kappa shape index (κ2) is 7.84. The second-order valence-corrected chi connectivity index (χ2v) is 6.76. The van der Waals surface area contributed by atoms with Gasteiger partial charge in [-0.15, -0.1) is 0 Å². The smallest absolute Gasteiger partial charge is 0.318 e. The number of hydrogen-bond donors (Lipinski definition) is 1. The third kappa shape index (κ3) is 3.83. The van der Waals surface area contributed by atoms with E-state index in [1.165, 1.54) is 5.56 Å². The first-order valence-electron chi connectivity index (χ1n) is 9.28. The summed E-state index contributed by atoms with van der Waals surface area (Å²) in [6.45, 7) is 2.00. The first kappa shape index (κ1) is 17.6. The zero-order chi connectivity index (χ0) is 18.6. The number of hydrogen-bond acceptors (Lipinski definition) is 4. The number of benzene rings is 1. The minimum atomic E-state index is -0.274. The summed E-state index contributed by atoms with van der Waals surface area (Å²) in [5.74, 6) is 0.611. The Bertz CT molecular complexity index is 805. The van der Waals surface area contributed by atoms with Gasteiger partial charge in [0, 0.05) is 18.8 Å². The number of para-hydroxylation sites is 1. The molecule has 3 heterocycles. The summed E-state index contributed by atoms with van der Waals surface area (Å²) in [6, 6.07) is 11.3. The molecule has 3 amide bonds. The minimum absolute atomic E-state index is 0.0179. The molecule has 1 unspecified atom stereocenters. The van der Waals surface area contributed by atoms with Crippen LogP contribution in [0.5, 0.6) is 0 Å². The van der Waals surface area contributed by atoms with Crippen LogP contribution in [0.3, 0.4) is 0 Å². The highest BCUT2D eigenvalue weighted by Crippen LogP contribution is 2.26. The van der Waals surface area contributed by atoms with Crippen molar-refractivity contribution < 1.29 is 18.7 Å². The van der Waals surface area contributed by atoms with Gasteiger partial charge in [-0.1, -0.05) is 18.2 Å². The van der Waals surface area contributed by atoms with E-state index in [4.69, 9.17) is 9.15 Å². The van der Waals surface area contributed by atoms with E-state index >= 15 is 0 Å². The van der Waals surface area contributed by atoms with Crippen molar-refractivity contribution in [2.75, 3.05) is 37.7 Å². The van der Waals surface area contributed by atoms with Crippen molar-refractivity contribution >= 4 is 17.6 Å². The predicted molar refractivity (Wildman–Crippen MR) is 99.5 cm³/mol. The van der Waals surface area contributed by atoms with Crippen molar-refractivity contribution in [1.82, 2.24) is 10.2 Å². The Balaban J connectivity index is 1.33. The number of carbonyl (C=O) groups is 2. The molecule has 7 nitrogen and oxygen atoms in total. The molecular weight excluding hydrogens is 346 g/mol. The zero-order valence-corrected chi connectivity index (χ0v) is 15.1. The number of rotatable bonds is 3. The van der Waals surface area contributed by atoms with Gasteiger partial charge in [0.1, 0.15) is 11.9 Å². The van der Waals surface area contributed by atoms with Gasteiger partial charge in [0.15, 0.2) is 0 Å². The van der Waals surface area contributed by atoms with Crippen LogP contribution in [0.15, 0.2) is 47.1 Å². The number of urea groups is 1. The first-order valence-corrected chi connectivity index (χ1v) is 9.28. The van der Waals surface area contributed by atoms with E-state index in [0.717, 1.165) is 18.5 Å². The lowest BCUT2D eigenvalue weighted by Crippen LogP contribution is -2.50. The lowest BCUT2D eigenvalue weighted by molar-refractivity contribution is -0.117.